The number of hydrogen-bond acceptors (Lipinski definition) is 3. The molecule has 0 fully saturated rings. The summed E-state index contributed by atoms with van der Waals surface area (Å²) in [6.07, 6.45) is -0.335. The summed E-state index contributed by atoms with van der Waals surface area (Å²) in [5.41, 5.74) is 0.660. The summed E-state index contributed by atoms with van der Waals surface area (Å²) in [5.74, 6) is -1.21. The van der Waals surface area contributed by atoms with Crippen molar-refractivity contribution in [1.82, 2.24) is 0 Å². The first kappa shape index (κ1) is 12.9. The van der Waals surface area contributed by atoms with Gasteiger partial charge in [0.25, 0.3) is 0 Å². The molecule has 0 saturated carbocycles. The fourth-order valence-corrected chi connectivity index (χ4v) is 1.38. The van der Waals surface area contributed by atoms with Gasteiger partial charge in [-0.15, -0.1) is 0 Å². The van der Waals surface area contributed by atoms with E-state index in [0.29, 0.717) is 5.56 Å². The van der Waals surface area contributed by atoms with Crippen molar-refractivity contribution in [2.75, 3.05) is 0 Å². The molecule has 1 aromatic rings. The zero-order valence-corrected chi connectivity index (χ0v) is 8.91. The van der Waals surface area contributed by atoms with Crippen LogP contribution in [0.15, 0.2) is 12.1 Å². The predicted molar refractivity (Wildman–Crippen MR) is 53.9 cm³/mol. The van der Waals surface area contributed by atoms with Crippen LogP contribution in [0.25, 0.3) is 0 Å². The van der Waals surface area contributed by atoms with Gasteiger partial charge in [0.05, 0.1) is 18.1 Å². The van der Waals surface area contributed by atoms with Crippen LogP contribution in [0.2, 0.25) is 0 Å². The lowest BCUT2D eigenvalue weighted by atomic mass is 10.0. The summed E-state index contributed by atoms with van der Waals surface area (Å²) >= 11 is 0. The quantitative estimate of drug-likeness (QED) is 0.876. The molecular weight excluding hydrogens is 232 g/mol. The summed E-state index contributed by atoms with van der Waals surface area (Å²) in [5, 5.41) is 17.4. The number of nitriles is 1. The summed E-state index contributed by atoms with van der Waals surface area (Å²) in [6.45, 7) is -1.48. The highest BCUT2D eigenvalue weighted by atomic mass is 19.3. The van der Waals surface area contributed by atoms with Gasteiger partial charge in [0, 0.05) is 0 Å². The molecule has 0 unspecified atom stereocenters. The predicted octanol–water partition coefficient (Wildman–Crippen LogP) is 2.10. The van der Waals surface area contributed by atoms with E-state index in [2.05, 4.69) is 4.74 Å². The maximum atomic E-state index is 12.0. The van der Waals surface area contributed by atoms with E-state index in [0.717, 1.165) is 6.07 Å². The van der Waals surface area contributed by atoms with Crippen molar-refractivity contribution in [2.24, 2.45) is 0 Å². The maximum Gasteiger partial charge on any atom is 0.387 e. The third-order valence-corrected chi connectivity index (χ3v) is 2.08. The number of carbonyl (C=O) groups is 1. The average molecular weight is 241 g/mol. The van der Waals surface area contributed by atoms with Crippen molar-refractivity contribution in [2.45, 2.75) is 20.0 Å². The Bertz CT molecular complexity index is 480. The molecule has 0 aromatic heterocycles. The second-order valence-electron chi connectivity index (χ2n) is 3.34. The molecule has 0 bridgehead atoms. The smallest absolute Gasteiger partial charge is 0.387 e. The van der Waals surface area contributed by atoms with Gasteiger partial charge >= 0.3 is 12.6 Å². The van der Waals surface area contributed by atoms with Crippen LogP contribution in [0.4, 0.5) is 8.78 Å². The van der Waals surface area contributed by atoms with Gasteiger partial charge in [0.1, 0.15) is 5.75 Å². The Morgan fingerprint density at radius 3 is 2.71 bits per heavy atom. The van der Waals surface area contributed by atoms with Crippen molar-refractivity contribution in [3.8, 4) is 11.8 Å². The Morgan fingerprint density at radius 2 is 2.24 bits per heavy atom. The van der Waals surface area contributed by atoms with Gasteiger partial charge < -0.3 is 9.84 Å². The van der Waals surface area contributed by atoms with Crippen molar-refractivity contribution in [3.63, 3.8) is 0 Å². The molecule has 4 nitrogen and oxygen atoms in total. The lowest BCUT2D eigenvalue weighted by Gasteiger charge is -2.10. The minimum Gasteiger partial charge on any atom is -0.481 e. The van der Waals surface area contributed by atoms with E-state index in [1.807, 2.05) is 0 Å². The molecular formula is C11H9F2NO3. The molecule has 1 rings (SSSR count). The second-order valence-corrected chi connectivity index (χ2v) is 3.34. The van der Waals surface area contributed by atoms with Crippen LogP contribution < -0.4 is 4.74 Å². The summed E-state index contributed by atoms with van der Waals surface area (Å²) < 4.78 is 28.3. The van der Waals surface area contributed by atoms with Crippen LogP contribution in [0.5, 0.6) is 5.75 Å². The molecule has 0 radical (unpaired) electrons. The van der Waals surface area contributed by atoms with Gasteiger partial charge in [0.15, 0.2) is 0 Å². The zero-order valence-electron chi connectivity index (χ0n) is 8.91. The first-order chi connectivity index (χ1) is 7.93. The van der Waals surface area contributed by atoms with E-state index < -0.39 is 12.6 Å². The number of aryl methyl sites for hydroxylation is 1. The molecule has 0 spiro atoms. The lowest BCUT2D eigenvalue weighted by Crippen LogP contribution is -2.07. The van der Waals surface area contributed by atoms with Gasteiger partial charge in [0.2, 0.25) is 0 Å². The van der Waals surface area contributed by atoms with Crippen LogP contribution in [0.1, 0.15) is 16.7 Å². The number of hydrogen-bond donors (Lipinski definition) is 1. The van der Waals surface area contributed by atoms with Gasteiger partial charge in [-0.05, 0) is 24.1 Å². The van der Waals surface area contributed by atoms with E-state index in [-0.39, 0.29) is 23.3 Å². The fraction of sp³-hybridized carbons (Fsp3) is 0.273. The van der Waals surface area contributed by atoms with E-state index >= 15 is 0 Å². The molecule has 0 amide bonds. The number of aliphatic carboxylic acids is 1. The Labute approximate surface area is 96.0 Å². The third-order valence-electron chi connectivity index (χ3n) is 2.08. The lowest BCUT2D eigenvalue weighted by molar-refractivity contribution is -0.136. The summed E-state index contributed by atoms with van der Waals surface area (Å²) in [4.78, 5) is 10.6. The van der Waals surface area contributed by atoms with Gasteiger partial charge in [-0.1, -0.05) is 6.07 Å². The number of rotatable bonds is 4. The second kappa shape index (κ2) is 5.25. The number of ether oxygens (including phenoxy) is 1. The van der Waals surface area contributed by atoms with Crippen molar-refractivity contribution in [3.05, 3.63) is 28.8 Å². The van der Waals surface area contributed by atoms with Crippen LogP contribution in [0.3, 0.4) is 0 Å². The summed E-state index contributed by atoms with van der Waals surface area (Å²) in [6, 6.07) is 4.24. The Kier molecular flexibility index (Phi) is 3.99. The first-order valence-electron chi connectivity index (χ1n) is 4.64. The number of carboxylic acid groups (broad SMARTS) is 1. The summed E-state index contributed by atoms with van der Waals surface area (Å²) in [7, 11) is 0. The first-order valence-corrected chi connectivity index (χ1v) is 4.64. The number of benzene rings is 1. The highest BCUT2D eigenvalue weighted by Gasteiger charge is 2.13. The monoisotopic (exact) mass is 241 g/mol. The number of nitrogens with zero attached hydrogens (tertiary/aromatic N) is 1. The minimum atomic E-state index is -2.98. The topological polar surface area (TPSA) is 70.3 Å². The molecule has 1 aromatic carbocycles. The van der Waals surface area contributed by atoms with Gasteiger partial charge in [-0.3, -0.25) is 4.79 Å². The van der Waals surface area contributed by atoms with E-state index in [1.165, 1.54) is 13.0 Å². The van der Waals surface area contributed by atoms with Crippen molar-refractivity contribution >= 4 is 5.97 Å². The van der Waals surface area contributed by atoms with Crippen molar-refractivity contribution < 1.29 is 23.4 Å². The molecule has 1 N–H and O–H groups in total. The molecule has 0 saturated heterocycles. The maximum absolute atomic E-state index is 12.0. The average Bonchev–Trinajstić information content (AvgIpc) is 2.20. The standard InChI is InChI=1S/C11H9F2NO3/c1-6-2-7(4-10(15)16)8(5-14)3-9(6)17-11(12)13/h2-3,11H,4H2,1H3,(H,15,16). The SMILES string of the molecule is Cc1cc(CC(=O)O)c(C#N)cc1OC(F)F. The molecule has 90 valence electrons. The minimum absolute atomic E-state index is 0.0219. The van der Waals surface area contributed by atoms with Gasteiger partial charge in [-0.25, -0.2) is 0 Å². The highest BCUT2D eigenvalue weighted by Crippen LogP contribution is 2.24. The van der Waals surface area contributed by atoms with Crippen LogP contribution in [0, 0.1) is 18.3 Å². The normalized spacial score (nSPS) is 10.1. The molecule has 6 heteroatoms. The third kappa shape index (κ3) is 3.41. The van der Waals surface area contributed by atoms with E-state index in [4.69, 9.17) is 10.4 Å². The van der Waals surface area contributed by atoms with E-state index in [1.54, 1.807) is 6.07 Å². The molecule has 0 aliphatic rings. The molecule has 17 heavy (non-hydrogen) atoms. The Balaban J connectivity index is 3.16. The largest absolute Gasteiger partial charge is 0.481 e. The molecule has 0 aliphatic heterocycles. The Hall–Kier alpha value is -2.16. The zero-order chi connectivity index (χ0) is 13.0. The van der Waals surface area contributed by atoms with Gasteiger partial charge in [-0.2, -0.15) is 14.0 Å². The molecule has 0 atom stereocenters. The number of carboxylic acids is 1. The molecule has 0 aliphatic carbocycles. The van der Waals surface area contributed by atoms with Crippen LogP contribution >= 0.6 is 0 Å². The molecule has 0 heterocycles. The number of halogens is 2. The fourth-order valence-electron chi connectivity index (χ4n) is 1.38. The highest BCUT2D eigenvalue weighted by molar-refractivity contribution is 5.71. The van der Waals surface area contributed by atoms with Crippen LogP contribution in [-0.4, -0.2) is 17.7 Å². The van der Waals surface area contributed by atoms with Crippen molar-refractivity contribution in [1.29, 1.82) is 5.26 Å². The number of alkyl halides is 2. The van der Waals surface area contributed by atoms with E-state index in [9.17, 15) is 13.6 Å². The van der Waals surface area contributed by atoms with Crippen LogP contribution in [-0.2, 0) is 11.2 Å². The Morgan fingerprint density at radius 1 is 1.59 bits per heavy atom.